The van der Waals surface area contributed by atoms with Gasteiger partial charge in [-0.15, -0.1) is 0 Å². The van der Waals surface area contributed by atoms with Gasteiger partial charge >= 0.3 is 11.6 Å². The number of fused-ring (bicyclic) bond motifs is 3. The van der Waals surface area contributed by atoms with Gasteiger partial charge in [-0.25, -0.2) is 9.59 Å². The lowest BCUT2D eigenvalue weighted by Crippen LogP contribution is -2.14. The number of carbonyl (C=O) groups excluding carboxylic acids is 1. The van der Waals surface area contributed by atoms with Crippen LogP contribution in [0, 0.1) is 0 Å². The van der Waals surface area contributed by atoms with Crippen LogP contribution in [0.4, 0.5) is 0 Å². The second-order valence-corrected chi connectivity index (χ2v) is 5.64. The molecule has 4 nitrogen and oxygen atoms in total. The van der Waals surface area contributed by atoms with Crippen LogP contribution in [0.25, 0.3) is 22.3 Å². The minimum atomic E-state index is -0.629. The van der Waals surface area contributed by atoms with E-state index in [2.05, 4.69) is 0 Å². The summed E-state index contributed by atoms with van der Waals surface area (Å²) in [6, 6.07) is 17.2. The van der Waals surface area contributed by atoms with Crippen molar-refractivity contribution >= 4 is 5.97 Å². The summed E-state index contributed by atoms with van der Waals surface area (Å²) in [5.41, 5.74) is 4.24. The van der Waals surface area contributed by atoms with Gasteiger partial charge in [0.05, 0.1) is 12.7 Å². The number of hydrogen-bond donors (Lipinski definition) is 0. The Hall–Kier alpha value is -3.14. The first-order valence-corrected chi connectivity index (χ1v) is 7.62. The van der Waals surface area contributed by atoms with Crippen LogP contribution in [-0.4, -0.2) is 13.1 Å². The summed E-state index contributed by atoms with van der Waals surface area (Å²) in [6.07, 6.45) is 0.541. The molecule has 0 bridgehead atoms. The summed E-state index contributed by atoms with van der Waals surface area (Å²) >= 11 is 0. The van der Waals surface area contributed by atoms with E-state index in [-0.39, 0.29) is 5.76 Å². The molecular formula is C20H14O4. The Morgan fingerprint density at radius 2 is 1.71 bits per heavy atom. The highest BCUT2D eigenvalue weighted by Gasteiger charge is 2.31. The number of rotatable bonds is 2. The van der Waals surface area contributed by atoms with E-state index in [0.717, 1.165) is 22.3 Å². The highest BCUT2D eigenvalue weighted by Crippen LogP contribution is 2.42. The highest BCUT2D eigenvalue weighted by atomic mass is 16.5. The molecule has 0 radical (unpaired) electrons. The van der Waals surface area contributed by atoms with Gasteiger partial charge in [-0.1, -0.05) is 54.6 Å². The van der Waals surface area contributed by atoms with Gasteiger partial charge in [-0.05, 0) is 16.7 Å². The summed E-state index contributed by atoms with van der Waals surface area (Å²) in [4.78, 5) is 24.7. The van der Waals surface area contributed by atoms with Gasteiger partial charge < -0.3 is 9.15 Å². The van der Waals surface area contributed by atoms with Crippen LogP contribution in [0.15, 0.2) is 63.8 Å². The first-order valence-electron chi connectivity index (χ1n) is 7.62. The number of benzene rings is 2. The Kier molecular flexibility index (Phi) is 3.31. The van der Waals surface area contributed by atoms with Crippen LogP contribution < -0.4 is 5.63 Å². The van der Waals surface area contributed by atoms with Gasteiger partial charge in [-0.2, -0.15) is 0 Å². The van der Waals surface area contributed by atoms with Gasteiger partial charge in [0.2, 0.25) is 5.76 Å². The van der Waals surface area contributed by atoms with Crippen LogP contribution >= 0.6 is 0 Å². The normalized spacial score (nSPS) is 11.7. The van der Waals surface area contributed by atoms with Crippen molar-refractivity contribution in [2.45, 2.75) is 6.42 Å². The topological polar surface area (TPSA) is 56.5 Å². The lowest BCUT2D eigenvalue weighted by atomic mass is 9.96. The van der Waals surface area contributed by atoms with Crippen molar-refractivity contribution in [1.82, 2.24) is 0 Å². The molecule has 0 spiro atoms. The van der Waals surface area contributed by atoms with Crippen molar-refractivity contribution in [3.05, 3.63) is 81.9 Å². The van der Waals surface area contributed by atoms with Crippen molar-refractivity contribution in [3.63, 3.8) is 0 Å². The quantitative estimate of drug-likeness (QED) is 0.529. The molecule has 0 saturated carbocycles. The van der Waals surface area contributed by atoms with Gasteiger partial charge in [0.25, 0.3) is 0 Å². The molecule has 0 saturated heterocycles. The lowest BCUT2D eigenvalue weighted by Gasteiger charge is -2.11. The van der Waals surface area contributed by atoms with Crippen LogP contribution in [0.5, 0.6) is 0 Å². The van der Waals surface area contributed by atoms with E-state index in [1.165, 1.54) is 7.11 Å². The summed E-state index contributed by atoms with van der Waals surface area (Å²) in [5, 5.41) is 0. The maximum Gasteiger partial charge on any atom is 0.374 e. The molecule has 3 aromatic rings. The molecular weight excluding hydrogens is 304 g/mol. The minimum Gasteiger partial charge on any atom is -0.463 e. The van der Waals surface area contributed by atoms with Crippen molar-refractivity contribution in [1.29, 1.82) is 0 Å². The van der Waals surface area contributed by atoms with Gasteiger partial charge in [0.1, 0.15) is 0 Å². The van der Waals surface area contributed by atoms with Crippen LogP contribution in [0.2, 0.25) is 0 Å². The van der Waals surface area contributed by atoms with Crippen molar-refractivity contribution in [2.24, 2.45) is 0 Å². The fourth-order valence-corrected chi connectivity index (χ4v) is 3.27. The summed E-state index contributed by atoms with van der Waals surface area (Å²) in [5.74, 6) is -0.635. The van der Waals surface area contributed by atoms with Crippen molar-refractivity contribution in [2.75, 3.05) is 7.11 Å². The molecule has 1 aliphatic rings. The van der Waals surface area contributed by atoms with Crippen LogP contribution in [-0.2, 0) is 11.2 Å². The average molecular weight is 318 g/mol. The Bertz CT molecular complexity index is 1000. The SMILES string of the molecule is COC(=O)c1oc(=O)c(-c2ccccc2)c2c1Cc1ccccc1-2. The van der Waals surface area contributed by atoms with E-state index in [0.29, 0.717) is 17.5 Å². The number of methoxy groups -OCH3 is 1. The maximum atomic E-state index is 12.7. The molecule has 0 fully saturated rings. The predicted molar refractivity (Wildman–Crippen MR) is 90.0 cm³/mol. The number of ether oxygens (including phenoxy) is 1. The standard InChI is InChI=1S/C20H14O4/c1-23-20(22)18-15-11-13-9-5-6-10-14(13)17(15)16(19(21)24-18)12-7-3-2-4-8-12/h2-10H,11H2,1H3. The zero-order valence-corrected chi connectivity index (χ0v) is 13.0. The van der Waals surface area contributed by atoms with Crippen molar-refractivity contribution in [3.8, 4) is 22.3 Å². The maximum absolute atomic E-state index is 12.7. The third-order valence-electron chi connectivity index (χ3n) is 4.31. The highest BCUT2D eigenvalue weighted by molar-refractivity contribution is 5.97. The van der Waals surface area contributed by atoms with Gasteiger partial charge in [-0.3, -0.25) is 0 Å². The van der Waals surface area contributed by atoms with E-state index < -0.39 is 11.6 Å². The summed E-state index contributed by atoms with van der Waals surface area (Å²) < 4.78 is 10.1. The largest absolute Gasteiger partial charge is 0.463 e. The van der Waals surface area contributed by atoms with E-state index in [4.69, 9.17) is 9.15 Å². The molecule has 0 amide bonds. The molecule has 1 heterocycles. The molecule has 4 heteroatoms. The molecule has 0 atom stereocenters. The third kappa shape index (κ3) is 2.07. The van der Waals surface area contributed by atoms with Gasteiger partial charge in [0.15, 0.2) is 0 Å². The number of esters is 1. The first kappa shape index (κ1) is 14.5. The van der Waals surface area contributed by atoms with E-state index in [1.54, 1.807) is 0 Å². The van der Waals surface area contributed by atoms with Crippen LogP contribution in [0.1, 0.15) is 21.7 Å². The summed E-state index contributed by atoms with van der Waals surface area (Å²) in [7, 11) is 1.28. The van der Waals surface area contributed by atoms with Crippen LogP contribution in [0.3, 0.4) is 0 Å². The fourth-order valence-electron chi connectivity index (χ4n) is 3.27. The monoisotopic (exact) mass is 318 g/mol. The molecule has 24 heavy (non-hydrogen) atoms. The molecule has 1 aromatic heterocycles. The zero-order chi connectivity index (χ0) is 16.7. The van der Waals surface area contributed by atoms with E-state index in [9.17, 15) is 9.59 Å². The molecule has 4 rings (SSSR count). The van der Waals surface area contributed by atoms with Crippen molar-refractivity contribution < 1.29 is 13.9 Å². The van der Waals surface area contributed by atoms with E-state index in [1.807, 2.05) is 54.6 Å². The average Bonchev–Trinajstić information content (AvgIpc) is 3.00. The minimum absolute atomic E-state index is 0.00613. The smallest absolute Gasteiger partial charge is 0.374 e. The molecule has 118 valence electrons. The Morgan fingerprint density at radius 3 is 2.46 bits per heavy atom. The molecule has 1 aliphatic carbocycles. The second kappa shape index (κ2) is 5.49. The third-order valence-corrected chi connectivity index (χ3v) is 4.31. The zero-order valence-electron chi connectivity index (χ0n) is 13.0. The fraction of sp³-hybridized carbons (Fsp3) is 0.100. The predicted octanol–water partition coefficient (Wildman–Crippen LogP) is 3.66. The molecule has 0 aliphatic heterocycles. The molecule has 0 unspecified atom stereocenters. The second-order valence-electron chi connectivity index (χ2n) is 5.64. The summed E-state index contributed by atoms with van der Waals surface area (Å²) in [6.45, 7) is 0. The van der Waals surface area contributed by atoms with E-state index >= 15 is 0 Å². The lowest BCUT2D eigenvalue weighted by molar-refractivity contribution is 0.0558. The molecule has 2 aromatic carbocycles. The Labute approximate surface area is 138 Å². The first-order chi connectivity index (χ1) is 11.7. The Morgan fingerprint density at radius 1 is 1.00 bits per heavy atom. The molecule has 0 N–H and O–H groups in total. The number of hydrogen-bond acceptors (Lipinski definition) is 4. The van der Waals surface area contributed by atoms with Gasteiger partial charge in [0, 0.05) is 17.5 Å². The Balaban J connectivity index is 2.10. The number of carbonyl (C=O) groups is 1.